The van der Waals surface area contributed by atoms with Crippen LogP contribution in [0.5, 0.6) is 0 Å². The Morgan fingerprint density at radius 2 is 1.88 bits per heavy atom. The third-order valence-electron chi connectivity index (χ3n) is 6.91. The van der Waals surface area contributed by atoms with Crippen molar-refractivity contribution in [3.8, 4) is 0 Å². The number of methoxy groups -OCH3 is 1. The summed E-state index contributed by atoms with van der Waals surface area (Å²) in [4.78, 5) is 19.5. The van der Waals surface area contributed by atoms with Crippen LogP contribution in [0.1, 0.15) is 56.7 Å². The van der Waals surface area contributed by atoms with Crippen LogP contribution in [0.4, 0.5) is 0 Å². The van der Waals surface area contributed by atoms with E-state index in [0.717, 1.165) is 23.4 Å². The number of nitrogens with zero attached hydrogens (tertiary/aromatic N) is 2. The van der Waals surface area contributed by atoms with Gasteiger partial charge in [-0.2, -0.15) is 0 Å². The molecule has 1 amide bonds. The van der Waals surface area contributed by atoms with Crippen molar-refractivity contribution in [1.29, 1.82) is 0 Å². The summed E-state index contributed by atoms with van der Waals surface area (Å²) in [6.07, 6.45) is 10.6. The summed E-state index contributed by atoms with van der Waals surface area (Å²) in [5.41, 5.74) is 1.19. The molecule has 0 aromatic carbocycles. The predicted molar refractivity (Wildman–Crippen MR) is 96.8 cm³/mol. The quantitative estimate of drug-likeness (QED) is 0.789. The Morgan fingerprint density at radius 1 is 1.24 bits per heavy atom. The Labute approximate surface area is 151 Å². The average Bonchev–Trinajstić information content (AvgIpc) is 2.58. The Kier molecular flexibility index (Phi) is 4.57. The van der Waals surface area contributed by atoms with Gasteiger partial charge in [-0.05, 0) is 73.8 Å². The second-order valence-electron chi connectivity index (χ2n) is 8.82. The van der Waals surface area contributed by atoms with Crippen molar-refractivity contribution in [3.63, 3.8) is 0 Å². The lowest BCUT2D eigenvalue weighted by Crippen LogP contribution is -2.48. The first kappa shape index (κ1) is 17.0. The lowest BCUT2D eigenvalue weighted by Gasteiger charge is -2.57. The largest absolute Gasteiger partial charge is 0.382 e. The molecule has 0 spiro atoms. The molecule has 4 heteroatoms. The van der Waals surface area contributed by atoms with E-state index in [0.29, 0.717) is 13.0 Å². The number of ether oxygens (including phenoxy) is 1. The van der Waals surface area contributed by atoms with Gasteiger partial charge in [-0.3, -0.25) is 9.78 Å². The minimum atomic E-state index is -0.104. The SMILES string of the molecule is COC[C@@H](c1ccccn1)N(C)C(=O)CC12CC3CC(CC(C3)C1)C2. The van der Waals surface area contributed by atoms with Crippen molar-refractivity contribution in [1.82, 2.24) is 9.88 Å². The average molecular weight is 342 g/mol. The van der Waals surface area contributed by atoms with E-state index in [1.54, 1.807) is 13.3 Å². The van der Waals surface area contributed by atoms with Crippen molar-refractivity contribution >= 4 is 5.91 Å². The Hall–Kier alpha value is -1.42. The number of amides is 1. The topological polar surface area (TPSA) is 42.4 Å². The van der Waals surface area contributed by atoms with E-state index in [1.807, 2.05) is 30.1 Å². The van der Waals surface area contributed by atoms with E-state index in [-0.39, 0.29) is 17.4 Å². The van der Waals surface area contributed by atoms with E-state index in [2.05, 4.69) is 4.98 Å². The van der Waals surface area contributed by atoms with E-state index in [4.69, 9.17) is 4.74 Å². The highest BCUT2D eigenvalue weighted by Crippen LogP contribution is 2.61. The van der Waals surface area contributed by atoms with Crippen LogP contribution < -0.4 is 0 Å². The number of carbonyl (C=O) groups is 1. The highest BCUT2D eigenvalue weighted by Gasteiger charge is 2.51. The molecule has 0 radical (unpaired) electrons. The molecule has 4 aliphatic carbocycles. The normalized spacial score (nSPS) is 34.1. The fourth-order valence-electron chi connectivity index (χ4n) is 6.25. The van der Waals surface area contributed by atoms with Crippen molar-refractivity contribution < 1.29 is 9.53 Å². The lowest BCUT2D eigenvalue weighted by atomic mass is 9.49. The predicted octanol–water partition coefficient (Wildman–Crippen LogP) is 3.83. The van der Waals surface area contributed by atoms with Crippen molar-refractivity contribution in [2.75, 3.05) is 20.8 Å². The summed E-state index contributed by atoms with van der Waals surface area (Å²) in [7, 11) is 3.61. The highest BCUT2D eigenvalue weighted by molar-refractivity contribution is 5.77. The lowest BCUT2D eigenvalue weighted by molar-refractivity contribution is -0.141. The number of rotatable bonds is 6. The molecule has 1 heterocycles. The van der Waals surface area contributed by atoms with E-state index < -0.39 is 0 Å². The van der Waals surface area contributed by atoms with Gasteiger partial charge in [0.15, 0.2) is 0 Å². The maximum atomic E-state index is 13.2. The smallest absolute Gasteiger partial charge is 0.223 e. The van der Waals surface area contributed by atoms with Crippen LogP contribution in [0.15, 0.2) is 24.4 Å². The second-order valence-corrected chi connectivity index (χ2v) is 8.82. The van der Waals surface area contributed by atoms with Crippen LogP contribution in [-0.2, 0) is 9.53 Å². The van der Waals surface area contributed by atoms with Crippen LogP contribution in [0.3, 0.4) is 0 Å². The third kappa shape index (κ3) is 3.33. The molecule has 0 saturated heterocycles. The van der Waals surface area contributed by atoms with Crippen LogP contribution in [0, 0.1) is 23.2 Å². The molecule has 5 rings (SSSR count). The molecule has 4 fully saturated rings. The third-order valence-corrected chi connectivity index (χ3v) is 6.91. The van der Waals surface area contributed by atoms with Gasteiger partial charge in [0.25, 0.3) is 0 Å². The van der Waals surface area contributed by atoms with Gasteiger partial charge in [0.2, 0.25) is 5.91 Å². The zero-order valence-electron chi connectivity index (χ0n) is 15.5. The van der Waals surface area contributed by atoms with Gasteiger partial charge in [-0.15, -0.1) is 0 Å². The molecule has 0 N–H and O–H groups in total. The minimum absolute atomic E-state index is 0.104. The molecule has 0 aliphatic heterocycles. The van der Waals surface area contributed by atoms with Crippen molar-refractivity contribution in [2.45, 2.75) is 51.0 Å². The maximum Gasteiger partial charge on any atom is 0.223 e. The van der Waals surface area contributed by atoms with Gasteiger partial charge in [0.05, 0.1) is 18.3 Å². The van der Waals surface area contributed by atoms with Gasteiger partial charge in [-0.1, -0.05) is 6.07 Å². The molecular formula is C21H30N2O2. The van der Waals surface area contributed by atoms with Crippen LogP contribution in [0.25, 0.3) is 0 Å². The Morgan fingerprint density at radius 3 is 2.40 bits per heavy atom. The van der Waals surface area contributed by atoms with E-state index >= 15 is 0 Å². The molecular weight excluding hydrogens is 312 g/mol. The number of hydrogen-bond acceptors (Lipinski definition) is 3. The number of aromatic nitrogens is 1. The molecule has 1 aromatic heterocycles. The number of pyridine rings is 1. The zero-order chi connectivity index (χ0) is 17.4. The van der Waals surface area contributed by atoms with E-state index in [1.165, 1.54) is 38.5 Å². The summed E-state index contributed by atoms with van der Waals surface area (Å²) in [6, 6.07) is 5.76. The van der Waals surface area contributed by atoms with Gasteiger partial charge in [0.1, 0.15) is 0 Å². The number of carbonyl (C=O) groups excluding carboxylic acids is 1. The maximum absolute atomic E-state index is 13.2. The first-order chi connectivity index (χ1) is 12.1. The summed E-state index contributed by atoms with van der Waals surface area (Å²) in [5.74, 6) is 2.91. The van der Waals surface area contributed by atoms with Crippen LogP contribution in [0.2, 0.25) is 0 Å². The van der Waals surface area contributed by atoms with Crippen molar-refractivity contribution in [3.05, 3.63) is 30.1 Å². The highest BCUT2D eigenvalue weighted by atomic mass is 16.5. The van der Waals surface area contributed by atoms with Gasteiger partial charge in [-0.25, -0.2) is 0 Å². The summed E-state index contributed by atoms with van der Waals surface area (Å²) >= 11 is 0. The van der Waals surface area contributed by atoms with Gasteiger partial charge in [0, 0.05) is 26.8 Å². The standard InChI is InChI=1S/C21H30N2O2/c1-23(19(14-25-2)18-5-3-4-6-22-18)20(24)13-21-10-15-7-16(11-21)9-17(8-15)12-21/h3-6,15-17,19H,7-14H2,1-2H3/t15?,16?,17?,19-,21?/m0/s1. The number of likely N-dealkylation sites (N-methyl/N-ethyl adjacent to an activating group) is 1. The van der Waals surface area contributed by atoms with Gasteiger partial charge >= 0.3 is 0 Å². The monoisotopic (exact) mass is 342 g/mol. The molecule has 1 aromatic rings. The fourth-order valence-corrected chi connectivity index (χ4v) is 6.25. The summed E-state index contributed by atoms with van der Waals surface area (Å²) < 4.78 is 5.39. The number of hydrogen-bond donors (Lipinski definition) is 0. The zero-order valence-corrected chi connectivity index (χ0v) is 15.5. The summed E-state index contributed by atoms with van der Waals surface area (Å²) in [5, 5.41) is 0. The molecule has 4 bridgehead atoms. The van der Waals surface area contributed by atoms with Gasteiger partial charge < -0.3 is 9.64 Å². The summed E-state index contributed by atoms with van der Waals surface area (Å²) in [6.45, 7) is 0.486. The molecule has 136 valence electrons. The first-order valence-corrected chi connectivity index (χ1v) is 9.74. The van der Waals surface area contributed by atoms with Crippen LogP contribution >= 0.6 is 0 Å². The Bertz CT molecular complexity index is 580. The van der Waals surface area contributed by atoms with Crippen molar-refractivity contribution in [2.24, 2.45) is 23.2 Å². The molecule has 25 heavy (non-hydrogen) atoms. The van der Waals surface area contributed by atoms with Crippen LogP contribution in [-0.4, -0.2) is 36.6 Å². The van der Waals surface area contributed by atoms with E-state index in [9.17, 15) is 4.79 Å². The minimum Gasteiger partial charge on any atom is -0.382 e. The second kappa shape index (κ2) is 6.71. The molecule has 0 unspecified atom stereocenters. The first-order valence-electron chi connectivity index (χ1n) is 9.74. The molecule has 4 aliphatic rings. The molecule has 1 atom stereocenters. The Balaban J connectivity index is 1.48. The molecule has 4 saturated carbocycles. The molecule has 4 nitrogen and oxygen atoms in total. The fraction of sp³-hybridized carbons (Fsp3) is 0.714.